The molecule has 7 heteroatoms. The van der Waals surface area contributed by atoms with Gasteiger partial charge in [-0.15, -0.1) is 0 Å². The van der Waals surface area contributed by atoms with Gasteiger partial charge in [0.1, 0.15) is 5.75 Å². The standard InChI is InChI=1S/C24H30N4O3/c1-31-21-10-4-17(5-11-21)15-26-24(30)27-20-8-6-18(7-9-20)23(29)28-14-2-3-19-16-25-13-12-22(19)28/h4-5,10-13,16,18,20H,2-3,6-9,14-15H2,1H3,(H2,26,27,30). The Bertz CT molecular complexity index is 907. The van der Waals surface area contributed by atoms with Crippen molar-refractivity contribution in [2.45, 2.75) is 51.1 Å². The molecule has 0 radical (unpaired) electrons. The highest BCUT2D eigenvalue weighted by Crippen LogP contribution is 2.31. The molecule has 0 atom stereocenters. The number of carbonyl (C=O) groups is 2. The zero-order valence-electron chi connectivity index (χ0n) is 18.0. The van der Waals surface area contributed by atoms with Crippen molar-refractivity contribution in [3.8, 4) is 5.75 Å². The summed E-state index contributed by atoms with van der Waals surface area (Å²) in [5.74, 6) is 1.04. The molecule has 1 aromatic carbocycles. The number of hydrogen-bond donors (Lipinski definition) is 2. The zero-order chi connectivity index (χ0) is 21.6. The molecule has 0 saturated heterocycles. The summed E-state index contributed by atoms with van der Waals surface area (Å²) in [5, 5.41) is 5.97. The molecule has 31 heavy (non-hydrogen) atoms. The summed E-state index contributed by atoms with van der Waals surface area (Å²) in [7, 11) is 1.63. The van der Waals surface area contributed by atoms with Crippen LogP contribution >= 0.6 is 0 Å². The topological polar surface area (TPSA) is 83.6 Å². The van der Waals surface area contributed by atoms with Crippen LogP contribution in [0.25, 0.3) is 0 Å². The highest BCUT2D eigenvalue weighted by Gasteiger charge is 2.32. The summed E-state index contributed by atoms with van der Waals surface area (Å²) in [4.78, 5) is 31.6. The van der Waals surface area contributed by atoms with E-state index in [2.05, 4.69) is 15.6 Å². The van der Waals surface area contributed by atoms with Gasteiger partial charge in [0.05, 0.1) is 7.11 Å². The van der Waals surface area contributed by atoms with Crippen LogP contribution in [-0.2, 0) is 17.8 Å². The number of amides is 3. The van der Waals surface area contributed by atoms with E-state index in [-0.39, 0.29) is 23.9 Å². The van der Waals surface area contributed by atoms with Crippen molar-refractivity contribution in [3.05, 3.63) is 53.9 Å². The Kier molecular flexibility index (Phi) is 6.70. The number of fused-ring (bicyclic) bond motifs is 1. The molecular formula is C24H30N4O3. The molecule has 164 valence electrons. The molecule has 3 amide bonds. The average molecular weight is 423 g/mol. The van der Waals surface area contributed by atoms with E-state index < -0.39 is 0 Å². The van der Waals surface area contributed by atoms with Crippen molar-refractivity contribution < 1.29 is 14.3 Å². The van der Waals surface area contributed by atoms with Crippen LogP contribution in [0, 0.1) is 5.92 Å². The first-order valence-corrected chi connectivity index (χ1v) is 11.1. The predicted molar refractivity (Wildman–Crippen MR) is 119 cm³/mol. The smallest absolute Gasteiger partial charge is 0.315 e. The van der Waals surface area contributed by atoms with Crippen molar-refractivity contribution in [2.75, 3.05) is 18.6 Å². The third kappa shape index (κ3) is 5.16. The third-order valence-electron chi connectivity index (χ3n) is 6.29. The number of nitrogens with zero attached hydrogens (tertiary/aromatic N) is 2. The second-order valence-electron chi connectivity index (χ2n) is 8.32. The predicted octanol–water partition coefficient (Wildman–Crippen LogP) is 3.43. The number of hydrogen-bond acceptors (Lipinski definition) is 4. The van der Waals surface area contributed by atoms with Gasteiger partial charge in [-0.2, -0.15) is 0 Å². The van der Waals surface area contributed by atoms with Crippen molar-refractivity contribution in [2.24, 2.45) is 5.92 Å². The van der Waals surface area contributed by atoms with Crippen LogP contribution < -0.4 is 20.3 Å². The zero-order valence-corrected chi connectivity index (χ0v) is 18.0. The Labute approximate surface area is 183 Å². The van der Waals surface area contributed by atoms with Crippen LogP contribution in [0.1, 0.15) is 43.2 Å². The Morgan fingerprint density at radius 2 is 1.90 bits per heavy atom. The lowest BCUT2D eigenvalue weighted by molar-refractivity contribution is -0.123. The molecule has 2 aromatic rings. The first-order valence-electron chi connectivity index (χ1n) is 11.1. The van der Waals surface area contributed by atoms with E-state index >= 15 is 0 Å². The maximum atomic E-state index is 13.1. The molecule has 4 rings (SSSR count). The van der Waals surface area contributed by atoms with Gasteiger partial charge in [-0.05, 0) is 67.9 Å². The van der Waals surface area contributed by atoms with Gasteiger partial charge in [-0.1, -0.05) is 12.1 Å². The lowest BCUT2D eigenvalue weighted by Gasteiger charge is -2.35. The first kappa shape index (κ1) is 21.2. The molecule has 2 heterocycles. The number of aryl methyl sites for hydroxylation is 1. The van der Waals surface area contributed by atoms with E-state index in [0.717, 1.165) is 67.6 Å². The van der Waals surface area contributed by atoms with E-state index in [1.807, 2.05) is 41.4 Å². The van der Waals surface area contributed by atoms with Crippen molar-refractivity contribution >= 4 is 17.6 Å². The molecule has 2 aliphatic rings. The molecule has 1 aliphatic carbocycles. The van der Waals surface area contributed by atoms with E-state index in [0.29, 0.717) is 6.54 Å². The van der Waals surface area contributed by atoms with Gasteiger partial charge in [-0.3, -0.25) is 9.78 Å². The molecule has 7 nitrogen and oxygen atoms in total. The summed E-state index contributed by atoms with van der Waals surface area (Å²) >= 11 is 0. The van der Waals surface area contributed by atoms with E-state index in [1.54, 1.807) is 13.3 Å². The number of carbonyl (C=O) groups excluding carboxylic acids is 2. The number of ether oxygens (including phenoxy) is 1. The highest BCUT2D eigenvalue weighted by molar-refractivity contribution is 5.96. The summed E-state index contributed by atoms with van der Waals surface area (Å²) in [6, 6.07) is 9.53. The minimum Gasteiger partial charge on any atom is -0.497 e. The van der Waals surface area contributed by atoms with Gasteiger partial charge < -0.3 is 20.3 Å². The van der Waals surface area contributed by atoms with Crippen LogP contribution in [0.3, 0.4) is 0 Å². The second kappa shape index (κ2) is 9.81. The van der Waals surface area contributed by atoms with E-state index in [9.17, 15) is 9.59 Å². The summed E-state index contributed by atoms with van der Waals surface area (Å²) in [5.41, 5.74) is 3.19. The van der Waals surface area contributed by atoms with Crippen LogP contribution in [-0.4, -0.2) is 36.6 Å². The number of anilines is 1. The molecule has 1 saturated carbocycles. The van der Waals surface area contributed by atoms with Crippen molar-refractivity contribution in [3.63, 3.8) is 0 Å². The minimum absolute atomic E-state index is 0.0273. The molecule has 1 aromatic heterocycles. The Morgan fingerprint density at radius 1 is 1.13 bits per heavy atom. The first-order chi connectivity index (χ1) is 15.1. The molecule has 0 unspecified atom stereocenters. The number of urea groups is 1. The van der Waals surface area contributed by atoms with Crippen molar-refractivity contribution in [1.82, 2.24) is 15.6 Å². The molecule has 0 bridgehead atoms. The van der Waals surface area contributed by atoms with Gasteiger partial charge in [0, 0.05) is 43.1 Å². The van der Waals surface area contributed by atoms with Gasteiger partial charge in [0.25, 0.3) is 0 Å². The molecule has 2 N–H and O–H groups in total. The number of pyridine rings is 1. The lowest BCUT2D eigenvalue weighted by atomic mass is 9.84. The minimum atomic E-state index is -0.164. The maximum absolute atomic E-state index is 13.1. The van der Waals surface area contributed by atoms with Gasteiger partial charge >= 0.3 is 6.03 Å². The number of benzene rings is 1. The molecular weight excluding hydrogens is 392 g/mol. The van der Waals surface area contributed by atoms with Gasteiger partial charge in [0.2, 0.25) is 5.91 Å². The normalized spacial score (nSPS) is 20.5. The van der Waals surface area contributed by atoms with Gasteiger partial charge in [0.15, 0.2) is 0 Å². The third-order valence-corrected chi connectivity index (χ3v) is 6.29. The highest BCUT2D eigenvalue weighted by atomic mass is 16.5. The van der Waals surface area contributed by atoms with Crippen LogP contribution in [0.5, 0.6) is 5.75 Å². The van der Waals surface area contributed by atoms with E-state index in [1.165, 1.54) is 0 Å². The molecule has 0 spiro atoms. The number of methoxy groups -OCH3 is 1. The largest absolute Gasteiger partial charge is 0.497 e. The fraction of sp³-hybridized carbons (Fsp3) is 0.458. The summed E-state index contributed by atoms with van der Waals surface area (Å²) in [6.07, 6.45) is 8.85. The average Bonchev–Trinajstić information content (AvgIpc) is 2.83. The Hall–Kier alpha value is -3.09. The van der Waals surface area contributed by atoms with Gasteiger partial charge in [-0.25, -0.2) is 4.79 Å². The fourth-order valence-corrected chi connectivity index (χ4v) is 4.52. The monoisotopic (exact) mass is 422 g/mol. The van der Waals surface area contributed by atoms with Crippen molar-refractivity contribution in [1.29, 1.82) is 0 Å². The number of aromatic nitrogens is 1. The van der Waals surface area contributed by atoms with Crippen LogP contribution in [0.15, 0.2) is 42.7 Å². The number of rotatable bonds is 5. The second-order valence-corrected chi connectivity index (χ2v) is 8.32. The van der Waals surface area contributed by atoms with E-state index in [4.69, 9.17) is 4.74 Å². The fourth-order valence-electron chi connectivity index (χ4n) is 4.52. The van der Waals surface area contributed by atoms with Crippen LogP contribution in [0.4, 0.5) is 10.5 Å². The van der Waals surface area contributed by atoms with Crippen LogP contribution in [0.2, 0.25) is 0 Å². The molecule has 1 fully saturated rings. The number of nitrogens with one attached hydrogen (secondary N) is 2. The Morgan fingerprint density at radius 3 is 2.65 bits per heavy atom. The summed E-state index contributed by atoms with van der Waals surface area (Å²) < 4.78 is 5.15. The summed E-state index contributed by atoms with van der Waals surface area (Å²) in [6.45, 7) is 1.24. The molecule has 1 aliphatic heterocycles. The quantitative estimate of drug-likeness (QED) is 0.773. The maximum Gasteiger partial charge on any atom is 0.315 e. The SMILES string of the molecule is COc1ccc(CNC(=O)NC2CCC(C(=O)N3CCCc4cnccc43)CC2)cc1. The lowest BCUT2D eigenvalue weighted by Crippen LogP contribution is -2.46. The Balaban J connectivity index is 1.23.